The maximum absolute atomic E-state index is 12.7. The summed E-state index contributed by atoms with van der Waals surface area (Å²) in [5, 5.41) is 0. The van der Waals surface area contributed by atoms with Crippen molar-refractivity contribution in [2.24, 2.45) is 5.92 Å². The van der Waals surface area contributed by atoms with Crippen molar-refractivity contribution in [2.45, 2.75) is 54.4 Å². The Morgan fingerprint density at radius 1 is 1.00 bits per heavy atom. The van der Waals surface area contributed by atoms with Gasteiger partial charge in [-0.15, -0.1) is 0 Å². The van der Waals surface area contributed by atoms with Crippen LogP contribution in [0.5, 0.6) is 0 Å². The highest BCUT2D eigenvalue weighted by molar-refractivity contribution is 7.99. The van der Waals surface area contributed by atoms with Gasteiger partial charge in [-0.25, -0.2) is 4.79 Å². The van der Waals surface area contributed by atoms with Crippen molar-refractivity contribution >= 4 is 17.7 Å². The Bertz CT molecular complexity index is 803. The van der Waals surface area contributed by atoms with Gasteiger partial charge in [0.15, 0.2) is 5.60 Å². The fourth-order valence-corrected chi connectivity index (χ4v) is 5.55. The zero-order chi connectivity index (χ0) is 18.1. The number of esters is 1. The summed E-state index contributed by atoms with van der Waals surface area (Å²) in [5.74, 6) is -0.00479. The molecule has 0 amide bonds. The number of benzene rings is 2. The van der Waals surface area contributed by atoms with E-state index >= 15 is 0 Å². The van der Waals surface area contributed by atoms with Crippen molar-refractivity contribution in [3.8, 4) is 0 Å². The van der Waals surface area contributed by atoms with E-state index < -0.39 is 5.60 Å². The summed E-state index contributed by atoms with van der Waals surface area (Å²) >= 11 is 1.77. The minimum atomic E-state index is -0.713. The molecule has 1 aliphatic carbocycles. The average Bonchev–Trinajstić information content (AvgIpc) is 2.68. The molecule has 26 heavy (non-hydrogen) atoms. The Hall–Kier alpha value is -2.00. The molecule has 2 aliphatic rings. The zero-order valence-electron chi connectivity index (χ0n) is 15.2. The van der Waals surface area contributed by atoms with Gasteiger partial charge in [-0.3, -0.25) is 0 Å². The highest BCUT2D eigenvalue weighted by Crippen LogP contribution is 2.56. The molecule has 0 N–H and O–H groups in total. The molecule has 0 radical (unpaired) electrons. The zero-order valence-corrected chi connectivity index (χ0v) is 16.0. The highest BCUT2D eigenvalue weighted by Gasteiger charge is 2.50. The summed E-state index contributed by atoms with van der Waals surface area (Å²) in [6.07, 6.45) is 5.80. The standard InChI is InChI=1S/C23H24O2S/c1-16(2)22(24)25-23(17-10-4-3-5-11-17)18-12-6-8-14-20(18)26-21-15-9-7-13-19(21)23/h6-9,12-15,17H,1,3-5,10-11H2,2H3. The highest BCUT2D eigenvalue weighted by atomic mass is 32.2. The first kappa shape index (κ1) is 17.4. The summed E-state index contributed by atoms with van der Waals surface area (Å²) in [7, 11) is 0. The van der Waals surface area contributed by atoms with Crippen molar-refractivity contribution < 1.29 is 9.53 Å². The van der Waals surface area contributed by atoms with Gasteiger partial charge >= 0.3 is 5.97 Å². The SMILES string of the molecule is C=C(C)C(=O)OC1(C2CCCCC2)c2ccccc2Sc2ccccc21. The van der Waals surface area contributed by atoms with Crippen LogP contribution in [0.2, 0.25) is 0 Å². The molecule has 0 spiro atoms. The minimum Gasteiger partial charge on any atom is -0.445 e. The van der Waals surface area contributed by atoms with Crippen molar-refractivity contribution in [1.29, 1.82) is 0 Å². The lowest BCUT2D eigenvalue weighted by molar-refractivity contribution is -0.159. The van der Waals surface area contributed by atoms with Crippen LogP contribution in [0.4, 0.5) is 0 Å². The smallest absolute Gasteiger partial charge is 0.334 e. The first-order valence-corrected chi connectivity index (χ1v) is 10.2. The second-order valence-corrected chi connectivity index (χ2v) is 8.42. The number of rotatable bonds is 3. The lowest BCUT2D eigenvalue weighted by Gasteiger charge is -2.46. The number of ether oxygens (including phenoxy) is 1. The van der Waals surface area contributed by atoms with Crippen LogP contribution in [0.25, 0.3) is 0 Å². The predicted octanol–water partition coefficient (Wildman–Crippen LogP) is 6.09. The molecule has 1 aliphatic heterocycles. The third-order valence-corrected chi connectivity index (χ3v) is 6.73. The van der Waals surface area contributed by atoms with Crippen molar-refractivity contribution in [3.05, 3.63) is 71.8 Å². The maximum atomic E-state index is 12.7. The summed E-state index contributed by atoms with van der Waals surface area (Å²) in [4.78, 5) is 15.1. The van der Waals surface area contributed by atoms with Gasteiger partial charge in [0.25, 0.3) is 0 Å². The topological polar surface area (TPSA) is 26.3 Å². The van der Waals surface area contributed by atoms with E-state index in [0.29, 0.717) is 11.5 Å². The summed E-state index contributed by atoms with van der Waals surface area (Å²) in [6, 6.07) is 16.8. The molecule has 2 aromatic rings. The van der Waals surface area contributed by atoms with Crippen LogP contribution in [0.3, 0.4) is 0 Å². The van der Waals surface area contributed by atoms with Crippen LogP contribution in [0.1, 0.15) is 50.2 Å². The van der Waals surface area contributed by atoms with Crippen molar-refractivity contribution in [3.63, 3.8) is 0 Å². The largest absolute Gasteiger partial charge is 0.445 e. The van der Waals surface area contributed by atoms with Gasteiger partial charge in [-0.1, -0.05) is 74.0 Å². The van der Waals surface area contributed by atoms with Crippen LogP contribution in [-0.4, -0.2) is 5.97 Å². The molecule has 3 heteroatoms. The molecule has 2 aromatic carbocycles. The third kappa shape index (κ3) is 2.79. The molecule has 0 unspecified atom stereocenters. The number of hydrogen-bond donors (Lipinski definition) is 0. The Balaban J connectivity index is 1.96. The Morgan fingerprint density at radius 3 is 2.08 bits per heavy atom. The van der Waals surface area contributed by atoms with E-state index in [0.717, 1.165) is 24.0 Å². The summed E-state index contributed by atoms with van der Waals surface area (Å²) in [5.41, 5.74) is 2.00. The molecule has 2 nitrogen and oxygen atoms in total. The summed E-state index contributed by atoms with van der Waals surface area (Å²) < 4.78 is 6.38. The van der Waals surface area contributed by atoms with Gasteiger partial charge in [0.1, 0.15) is 0 Å². The van der Waals surface area contributed by atoms with E-state index in [1.165, 1.54) is 29.1 Å². The first-order chi connectivity index (χ1) is 12.6. The first-order valence-electron chi connectivity index (χ1n) is 9.38. The number of fused-ring (bicyclic) bond motifs is 2. The molecular formula is C23H24O2S. The van der Waals surface area contributed by atoms with Gasteiger partial charge in [0, 0.05) is 32.4 Å². The van der Waals surface area contributed by atoms with Gasteiger partial charge < -0.3 is 4.74 Å². The second kappa shape index (κ2) is 6.96. The molecule has 1 saturated carbocycles. The minimum absolute atomic E-state index is 0.294. The van der Waals surface area contributed by atoms with E-state index in [4.69, 9.17) is 4.74 Å². The van der Waals surface area contributed by atoms with Crippen LogP contribution in [0, 0.1) is 5.92 Å². The van der Waals surface area contributed by atoms with Gasteiger partial charge in [0.2, 0.25) is 0 Å². The van der Waals surface area contributed by atoms with Gasteiger partial charge in [-0.2, -0.15) is 0 Å². The number of hydrogen-bond acceptors (Lipinski definition) is 3. The quantitative estimate of drug-likeness (QED) is 0.486. The Morgan fingerprint density at radius 2 is 1.54 bits per heavy atom. The normalized spacial score (nSPS) is 18.5. The van der Waals surface area contributed by atoms with Crippen LogP contribution in [-0.2, 0) is 15.1 Å². The molecule has 1 fully saturated rings. The van der Waals surface area contributed by atoms with E-state index in [1.54, 1.807) is 18.7 Å². The lowest BCUT2D eigenvalue weighted by atomic mass is 9.69. The maximum Gasteiger partial charge on any atom is 0.334 e. The monoisotopic (exact) mass is 364 g/mol. The van der Waals surface area contributed by atoms with E-state index in [1.807, 2.05) is 0 Å². The molecule has 0 aromatic heterocycles. The third-order valence-electron chi connectivity index (χ3n) is 5.58. The van der Waals surface area contributed by atoms with E-state index in [2.05, 4.69) is 55.1 Å². The fourth-order valence-electron chi connectivity index (χ4n) is 4.36. The molecule has 1 heterocycles. The molecule has 0 saturated heterocycles. The average molecular weight is 365 g/mol. The molecule has 4 rings (SSSR count). The Labute approximate surface area is 159 Å². The van der Waals surface area contributed by atoms with Crippen LogP contribution < -0.4 is 0 Å². The van der Waals surface area contributed by atoms with Crippen molar-refractivity contribution in [2.75, 3.05) is 0 Å². The second-order valence-electron chi connectivity index (χ2n) is 7.33. The molecule has 0 atom stereocenters. The van der Waals surface area contributed by atoms with Crippen molar-refractivity contribution in [1.82, 2.24) is 0 Å². The van der Waals surface area contributed by atoms with Crippen LogP contribution in [0.15, 0.2) is 70.5 Å². The van der Waals surface area contributed by atoms with E-state index in [-0.39, 0.29) is 5.97 Å². The summed E-state index contributed by atoms with van der Waals surface area (Å²) in [6.45, 7) is 5.56. The Kier molecular flexibility index (Phi) is 4.66. The molecule has 134 valence electrons. The molecule has 0 bridgehead atoms. The fraction of sp³-hybridized carbons (Fsp3) is 0.348. The lowest BCUT2D eigenvalue weighted by Crippen LogP contribution is -2.44. The van der Waals surface area contributed by atoms with Gasteiger partial charge in [-0.05, 0) is 31.9 Å². The number of carbonyl (C=O) groups is 1. The van der Waals surface area contributed by atoms with Gasteiger partial charge in [0.05, 0.1) is 0 Å². The van der Waals surface area contributed by atoms with Crippen LogP contribution >= 0.6 is 11.8 Å². The van der Waals surface area contributed by atoms with E-state index in [9.17, 15) is 4.79 Å². The predicted molar refractivity (Wildman–Crippen MR) is 105 cm³/mol. The number of carbonyl (C=O) groups excluding carboxylic acids is 1. The molecular weight excluding hydrogens is 340 g/mol.